The first-order valence-electron chi connectivity index (χ1n) is 9.80. The number of carbonyl (C=O) groups is 2. The summed E-state index contributed by atoms with van der Waals surface area (Å²) in [5.74, 6) is -0.100. The number of ether oxygens (including phenoxy) is 3. The summed E-state index contributed by atoms with van der Waals surface area (Å²) in [7, 11) is 0. The van der Waals surface area contributed by atoms with Gasteiger partial charge in [-0.05, 0) is 55.8 Å². The van der Waals surface area contributed by atoms with Crippen molar-refractivity contribution in [3.05, 3.63) is 53.3 Å². The number of aryl methyl sites for hydroxylation is 1. The maximum Gasteiger partial charge on any atom is 0.260 e. The SMILES string of the molecule is CCOc1cc(C(=O)Nc2ccc(F)cc2C)ccc1OCC(=O)N1CCOCC1. The van der Waals surface area contributed by atoms with E-state index in [9.17, 15) is 14.0 Å². The highest BCUT2D eigenvalue weighted by molar-refractivity contribution is 6.05. The number of benzene rings is 2. The van der Waals surface area contributed by atoms with Crippen molar-refractivity contribution >= 4 is 17.5 Å². The van der Waals surface area contributed by atoms with Crippen molar-refractivity contribution < 1.29 is 28.2 Å². The van der Waals surface area contributed by atoms with Crippen LogP contribution in [-0.2, 0) is 9.53 Å². The number of morpholine rings is 1. The lowest BCUT2D eigenvalue weighted by Gasteiger charge is -2.26. The molecule has 0 radical (unpaired) electrons. The summed E-state index contributed by atoms with van der Waals surface area (Å²) >= 11 is 0. The molecule has 160 valence electrons. The zero-order valence-electron chi connectivity index (χ0n) is 17.1. The van der Waals surface area contributed by atoms with Gasteiger partial charge in [0.05, 0.1) is 19.8 Å². The van der Waals surface area contributed by atoms with Crippen molar-refractivity contribution in [1.82, 2.24) is 4.90 Å². The third-order valence-electron chi connectivity index (χ3n) is 4.66. The molecule has 30 heavy (non-hydrogen) atoms. The number of nitrogens with zero attached hydrogens (tertiary/aromatic N) is 1. The van der Waals surface area contributed by atoms with E-state index in [0.717, 1.165) is 0 Å². The average Bonchev–Trinajstić information content (AvgIpc) is 2.75. The third kappa shape index (κ3) is 5.48. The van der Waals surface area contributed by atoms with Crippen LogP contribution in [0.15, 0.2) is 36.4 Å². The van der Waals surface area contributed by atoms with E-state index in [4.69, 9.17) is 14.2 Å². The first kappa shape index (κ1) is 21.6. The molecule has 2 aromatic rings. The first-order valence-corrected chi connectivity index (χ1v) is 9.80. The largest absolute Gasteiger partial charge is 0.490 e. The Hall–Kier alpha value is -3.13. The van der Waals surface area contributed by atoms with Gasteiger partial charge in [0, 0.05) is 24.3 Å². The predicted molar refractivity (Wildman–Crippen MR) is 110 cm³/mol. The molecule has 2 aromatic carbocycles. The second-order valence-corrected chi connectivity index (χ2v) is 6.79. The van der Waals surface area contributed by atoms with Crippen molar-refractivity contribution in [3.8, 4) is 11.5 Å². The van der Waals surface area contributed by atoms with Crippen molar-refractivity contribution in [2.24, 2.45) is 0 Å². The second kappa shape index (κ2) is 10.1. The van der Waals surface area contributed by atoms with Crippen molar-refractivity contribution in [1.29, 1.82) is 0 Å². The van der Waals surface area contributed by atoms with E-state index in [1.54, 1.807) is 30.0 Å². The lowest BCUT2D eigenvalue weighted by Crippen LogP contribution is -2.43. The van der Waals surface area contributed by atoms with Crippen molar-refractivity contribution in [2.45, 2.75) is 13.8 Å². The number of hydrogen-bond donors (Lipinski definition) is 1. The van der Waals surface area contributed by atoms with Gasteiger partial charge < -0.3 is 24.4 Å². The Bertz CT molecular complexity index is 912. The van der Waals surface area contributed by atoms with E-state index >= 15 is 0 Å². The van der Waals surface area contributed by atoms with Gasteiger partial charge in [0.1, 0.15) is 5.82 Å². The molecule has 7 nitrogen and oxygen atoms in total. The van der Waals surface area contributed by atoms with Crippen LogP contribution in [0.25, 0.3) is 0 Å². The second-order valence-electron chi connectivity index (χ2n) is 6.79. The van der Waals surface area contributed by atoms with Crippen molar-refractivity contribution in [3.63, 3.8) is 0 Å². The maximum atomic E-state index is 13.3. The van der Waals surface area contributed by atoms with E-state index in [1.165, 1.54) is 18.2 Å². The van der Waals surface area contributed by atoms with E-state index in [-0.39, 0.29) is 24.2 Å². The minimum atomic E-state index is -0.364. The molecular formula is C22H25FN2O5. The fourth-order valence-corrected chi connectivity index (χ4v) is 3.04. The van der Waals surface area contributed by atoms with Gasteiger partial charge in [-0.1, -0.05) is 0 Å². The fraction of sp³-hybridized carbons (Fsp3) is 0.364. The number of rotatable bonds is 7. The average molecular weight is 416 g/mol. The summed E-state index contributed by atoms with van der Waals surface area (Å²) in [6, 6.07) is 8.91. The molecule has 1 aliphatic heterocycles. The Balaban J connectivity index is 1.69. The molecule has 1 fully saturated rings. The third-order valence-corrected chi connectivity index (χ3v) is 4.66. The monoisotopic (exact) mass is 416 g/mol. The molecule has 0 saturated carbocycles. The van der Waals surface area contributed by atoms with Crippen LogP contribution in [0.2, 0.25) is 0 Å². The molecule has 0 unspecified atom stereocenters. The number of anilines is 1. The fourth-order valence-electron chi connectivity index (χ4n) is 3.04. The van der Waals surface area contributed by atoms with E-state index in [2.05, 4.69) is 5.32 Å². The van der Waals surface area contributed by atoms with Gasteiger partial charge in [-0.15, -0.1) is 0 Å². The summed E-state index contributed by atoms with van der Waals surface area (Å²) in [6.07, 6.45) is 0. The predicted octanol–water partition coefficient (Wildman–Crippen LogP) is 3.02. The Morgan fingerprint density at radius 1 is 1.10 bits per heavy atom. The van der Waals surface area contributed by atoms with E-state index in [1.807, 2.05) is 6.92 Å². The summed E-state index contributed by atoms with van der Waals surface area (Å²) in [6.45, 7) is 5.91. The molecule has 0 bridgehead atoms. The number of amides is 2. The number of hydrogen-bond acceptors (Lipinski definition) is 5. The van der Waals surface area contributed by atoms with Gasteiger partial charge >= 0.3 is 0 Å². The number of carbonyl (C=O) groups excluding carboxylic acids is 2. The summed E-state index contributed by atoms with van der Waals surface area (Å²) in [5.41, 5.74) is 1.50. The molecule has 1 aliphatic rings. The topological polar surface area (TPSA) is 77.1 Å². The molecule has 1 saturated heterocycles. The highest BCUT2D eigenvalue weighted by Crippen LogP contribution is 2.29. The molecule has 3 rings (SSSR count). The molecule has 0 spiro atoms. The lowest BCUT2D eigenvalue weighted by molar-refractivity contribution is -0.137. The highest BCUT2D eigenvalue weighted by Gasteiger charge is 2.19. The van der Waals surface area contributed by atoms with Crippen LogP contribution in [0.4, 0.5) is 10.1 Å². The quantitative estimate of drug-likeness (QED) is 0.751. The zero-order valence-corrected chi connectivity index (χ0v) is 17.1. The molecule has 2 amide bonds. The summed E-state index contributed by atoms with van der Waals surface area (Å²) < 4.78 is 29.8. The van der Waals surface area contributed by atoms with Crippen LogP contribution in [0.3, 0.4) is 0 Å². The molecular weight excluding hydrogens is 391 g/mol. The normalized spacial score (nSPS) is 13.6. The minimum absolute atomic E-state index is 0.125. The van der Waals surface area contributed by atoms with Crippen LogP contribution in [0.5, 0.6) is 11.5 Å². The lowest BCUT2D eigenvalue weighted by atomic mass is 10.1. The van der Waals surface area contributed by atoms with Crippen molar-refractivity contribution in [2.75, 3.05) is 44.8 Å². The highest BCUT2D eigenvalue weighted by atomic mass is 19.1. The van der Waals surface area contributed by atoms with E-state index in [0.29, 0.717) is 61.2 Å². The molecule has 0 aromatic heterocycles. The van der Waals surface area contributed by atoms with Gasteiger partial charge in [-0.25, -0.2) is 4.39 Å². The van der Waals surface area contributed by atoms with Gasteiger partial charge in [0.25, 0.3) is 11.8 Å². The van der Waals surface area contributed by atoms with Crippen LogP contribution in [0.1, 0.15) is 22.8 Å². The molecule has 1 heterocycles. The maximum absolute atomic E-state index is 13.3. The minimum Gasteiger partial charge on any atom is -0.490 e. The molecule has 8 heteroatoms. The number of nitrogens with one attached hydrogen (secondary N) is 1. The summed E-state index contributed by atoms with van der Waals surface area (Å²) in [5, 5.41) is 2.76. The Morgan fingerprint density at radius 2 is 1.87 bits per heavy atom. The Labute approximate surface area is 174 Å². The standard InChI is InChI=1S/C22H25FN2O5/c1-3-29-20-13-16(22(27)24-18-6-5-17(23)12-15(18)2)4-7-19(20)30-14-21(26)25-8-10-28-11-9-25/h4-7,12-13H,3,8-11,14H2,1-2H3,(H,24,27). The van der Waals surface area contributed by atoms with Gasteiger partial charge in [0.2, 0.25) is 0 Å². The van der Waals surface area contributed by atoms with Crippen LogP contribution in [0, 0.1) is 12.7 Å². The Kier molecular flexibility index (Phi) is 7.24. The van der Waals surface area contributed by atoms with Crippen LogP contribution >= 0.6 is 0 Å². The molecule has 1 N–H and O–H groups in total. The van der Waals surface area contributed by atoms with Gasteiger partial charge in [0.15, 0.2) is 18.1 Å². The Morgan fingerprint density at radius 3 is 2.57 bits per heavy atom. The smallest absolute Gasteiger partial charge is 0.260 e. The molecule has 0 atom stereocenters. The summed E-state index contributed by atoms with van der Waals surface area (Å²) in [4.78, 5) is 26.6. The number of halogens is 1. The van der Waals surface area contributed by atoms with Gasteiger partial charge in [-0.2, -0.15) is 0 Å². The van der Waals surface area contributed by atoms with Gasteiger partial charge in [-0.3, -0.25) is 9.59 Å². The zero-order chi connectivity index (χ0) is 21.5. The molecule has 0 aliphatic carbocycles. The van der Waals surface area contributed by atoms with Crippen LogP contribution in [-0.4, -0.2) is 56.2 Å². The van der Waals surface area contributed by atoms with Crippen LogP contribution < -0.4 is 14.8 Å². The van der Waals surface area contributed by atoms with E-state index < -0.39 is 0 Å². The first-order chi connectivity index (χ1) is 14.5.